The second-order valence-electron chi connectivity index (χ2n) is 4.11. The number of thioether (sulfide) groups is 1. The van der Waals surface area contributed by atoms with Crippen molar-refractivity contribution in [1.29, 1.82) is 0 Å². The molecule has 0 aromatic heterocycles. The van der Waals surface area contributed by atoms with E-state index in [1.807, 2.05) is 18.7 Å². The lowest BCUT2D eigenvalue weighted by molar-refractivity contribution is -0.118. The van der Waals surface area contributed by atoms with Crippen LogP contribution in [0.4, 0.5) is 0 Å². The lowest BCUT2D eigenvalue weighted by Gasteiger charge is -2.06. The minimum Gasteiger partial charge on any atom is -0.300 e. The highest BCUT2D eigenvalue weighted by atomic mass is 32.2. The number of benzene rings is 1. The number of aryl methyl sites for hydroxylation is 2. The van der Waals surface area contributed by atoms with Crippen molar-refractivity contribution in [1.82, 2.24) is 0 Å². The van der Waals surface area contributed by atoms with E-state index >= 15 is 0 Å². The van der Waals surface area contributed by atoms with Crippen molar-refractivity contribution < 1.29 is 4.79 Å². The zero-order valence-electron chi connectivity index (χ0n) is 10.4. The Morgan fingerprint density at radius 2 is 2.06 bits per heavy atom. The van der Waals surface area contributed by atoms with Gasteiger partial charge in [-0.15, -0.1) is 11.8 Å². The Bertz CT molecular complexity index is 358. The van der Waals surface area contributed by atoms with Gasteiger partial charge < -0.3 is 0 Å². The molecule has 1 nitrogen and oxygen atoms in total. The van der Waals surface area contributed by atoms with Gasteiger partial charge in [0.1, 0.15) is 5.78 Å². The zero-order chi connectivity index (χ0) is 12.0. The number of carbonyl (C=O) groups excluding carboxylic acids is 1. The smallest absolute Gasteiger partial charge is 0.132 e. The van der Waals surface area contributed by atoms with Gasteiger partial charge in [0.2, 0.25) is 0 Å². The first-order chi connectivity index (χ1) is 7.63. The summed E-state index contributed by atoms with van der Waals surface area (Å²) in [6, 6.07) is 6.52. The fourth-order valence-corrected chi connectivity index (χ4v) is 2.56. The van der Waals surface area contributed by atoms with Crippen LogP contribution in [-0.4, -0.2) is 11.5 Å². The van der Waals surface area contributed by atoms with Gasteiger partial charge in [-0.25, -0.2) is 0 Å². The Labute approximate surface area is 103 Å². The van der Waals surface area contributed by atoms with Crippen LogP contribution in [0.3, 0.4) is 0 Å². The average Bonchev–Trinajstić information content (AvgIpc) is 2.28. The van der Waals surface area contributed by atoms with E-state index in [-0.39, 0.29) is 0 Å². The van der Waals surface area contributed by atoms with Crippen molar-refractivity contribution in [3.05, 3.63) is 29.3 Å². The molecule has 0 bridgehead atoms. The van der Waals surface area contributed by atoms with Gasteiger partial charge in [-0.2, -0.15) is 0 Å². The molecular formula is C14H20OS. The fourth-order valence-electron chi connectivity index (χ4n) is 1.49. The lowest BCUT2D eigenvalue weighted by Crippen LogP contribution is -1.95. The molecule has 2 heteroatoms. The molecular weight excluding hydrogens is 216 g/mol. The Morgan fingerprint density at radius 3 is 2.75 bits per heavy atom. The number of rotatable bonds is 6. The number of carbonyl (C=O) groups is 1. The molecule has 16 heavy (non-hydrogen) atoms. The highest BCUT2D eigenvalue weighted by Crippen LogP contribution is 2.24. The molecule has 1 rings (SSSR count). The van der Waals surface area contributed by atoms with Crippen molar-refractivity contribution in [2.45, 2.75) is 44.9 Å². The summed E-state index contributed by atoms with van der Waals surface area (Å²) in [7, 11) is 0. The van der Waals surface area contributed by atoms with Crippen molar-refractivity contribution in [2.24, 2.45) is 0 Å². The molecule has 0 spiro atoms. The molecule has 0 radical (unpaired) electrons. The van der Waals surface area contributed by atoms with Crippen LogP contribution >= 0.6 is 11.8 Å². The standard InChI is InChI=1S/C14H20OS/c1-4-13(15)6-5-9-16-14-10-11(2)7-8-12(14)3/h7-8,10H,4-6,9H2,1-3H3. The number of hydrogen-bond donors (Lipinski definition) is 0. The predicted octanol–water partition coefficient (Wildman–Crippen LogP) is 4.15. The third-order valence-corrected chi connectivity index (χ3v) is 3.84. The third kappa shape index (κ3) is 4.40. The van der Waals surface area contributed by atoms with Gasteiger partial charge in [0.05, 0.1) is 0 Å². The first kappa shape index (κ1) is 13.3. The lowest BCUT2D eigenvalue weighted by atomic mass is 10.2. The monoisotopic (exact) mass is 236 g/mol. The normalized spacial score (nSPS) is 10.4. The maximum Gasteiger partial charge on any atom is 0.132 e. The summed E-state index contributed by atoms with van der Waals surface area (Å²) in [6.45, 7) is 6.18. The molecule has 0 saturated heterocycles. The SMILES string of the molecule is CCC(=O)CCCSc1cc(C)ccc1C. The van der Waals surface area contributed by atoms with Crippen molar-refractivity contribution in [2.75, 3.05) is 5.75 Å². The third-order valence-electron chi connectivity index (χ3n) is 2.60. The fraction of sp³-hybridized carbons (Fsp3) is 0.500. The predicted molar refractivity (Wildman–Crippen MR) is 71.2 cm³/mol. The molecule has 0 heterocycles. The van der Waals surface area contributed by atoms with Gasteiger partial charge in [0, 0.05) is 17.7 Å². The molecule has 0 saturated carbocycles. The molecule has 0 aliphatic heterocycles. The Kier molecular flexibility index (Phi) is 5.61. The zero-order valence-corrected chi connectivity index (χ0v) is 11.2. The summed E-state index contributed by atoms with van der Waals surface area (Å²) < 4.78 is 0. The van der Waals surface area contributed by atoms with Gasteiger partial charge in [0.25, 0.3) is 0 Å². The summed E-state index contributed by atoms with van der Waals surface area (Å²) in [4.78, 5) is 12.5. The number of hydrogen-bond acceptors (Lipinski definition) is 2. The van der Waals surface area contributed by atoms with Crippen LogP contribution < -0.4 is 0 Å². The highest BCUT2D eigenvalue weighted by Gasteiger charge is 2.01. The largest absolute Gasteiger partial charge is 0.300 e. The van der Waals surface area contributed by atoms with Gasteiger partial charge in [-0.1, -0.05) is 24.6 Å². The van der Waals surface area contributed by atoms with Crippen LogP contribution in [0.25, 0.3) is 0 Å². The molecule has 0 N–H and O–H groups in total. The van der Waals surface area contributed by atoms with Gasteiger partial charge in [-0.05, 0) is 37.7 Å². The summed E-state index contributed by atoms with van der Waals surface area (Å²) in [5.74, 6) is 1.41. The van der Waals surface area contributed by atoms with E-state index in [2.05, 4.69) is 32.0 Å². The van der Waals surface area contributed by atoms with Crippen LogP contribution in [0, 0.1) is 13.8 Å². The van der Waals surface area contributed by atoms with Crippen LogP contribution in [0.1, 0.15) is 37.3 Å². The van der Waals surface area contributed by atoms with E-state index < -0.39 is 0 Å². The molecule has 1 aromatic rings. The maximum atomic E-state index is 11.1. The molecule has 0 unspecified atom stereocenters. The average molecular weight is 236 g/mol. The second-order valence-corrected chi connectivity index (χ2v) is 5.25. The molecule has 0 atom stereocenters. The Hall–Kier alpha value is -0.760. The first-order valence-corrected chi connectivity index (χ1v) is 6.83. The molecule has 88 valence electrons. The van der Waals surface area contributed by atoms with E-state index in [4.69, 9.17) is 0 Å². The van der Waals surface area contributed by atoms with E-state index in [1.54, 1.807) is 0 Å². The summed E-state index contributed by atoms with van der Waals surface area (Å²) in [5.41, 5.74) is 2.63. The molecule has 0 amide bonds. The van der Waals surface area contributed by atoms with Crippen LogP contribution in [0.15, 0.2) is 23.1 Å². The van der Waals surface area contributed by atoms with Gasteiger partial charge >= 0.3 is 0 Å². The molecule has 0 aliphatic rings. The van der Waals surface area contributed by atoms with E-state index in [0.717, 1.165) is 18.6 Å². The Balaban J connectivity index is 2.37. The topological polar surface area (TPSA) is 17.1 Å². The highest BCUT2D eigenvalue weighted by molar-refractivity contribution is 7.99. The molecule has 1 aromatic carbocycles. The molecule has 0 aliphatic carbocycles. The number of Topliss-reactive ketones (excluding diaryl/α,β-unsaturated/α-hetero) is 1. The van der Waals surface area contributed by atoms with E-state index in [9.17, 15) is 4.79 Å². The van der Waals surface area contributed by atoms with Gasteiger partial charge in [-0.3, -0.25) is 4.79 Å². The van der Waals surface area contributed by atoms with Crippen molar-refractivity contribution >= 4 is 17.5 Å². The minimum atomic E-state index is 0.376. The quantitative estimate of drug-likeness (QED) is 0.545. The first-order valence-electron chi connectivity index (χ1n) is 5.85. The van der Waals surface area contributed by atoms with Crippen LogP contribution in [0.5, 0.6) is 0 Å². The van der Waals surface area contributed by atoms with E-state index in [0.29, 0.717) is 12.2 Å². The van der Waals surface area contributed by atoms with E-state index in [1.165, 1.54) is 16.0 Å². The van der Waals surface area contributed by atoms with Gasteiger partial charge in [0.15, 0.2) is 0 Å². The minimum absolute atomic E-state index is 0.376. The van der Waals surface area contributed by atoms with Crippen LogP contribution in [-0.2, 0) is 4.79 Å². The Morgan fingerprint density at radius 1 is 1.31 bits per heavy atom. The van der Waals surface area contributed by atoms with Crippen molar-refractivity contribution in [3.63, 3.8) is 0 Å². The summed E-state index contributed by atoms with van der Waals surface area (Å²) in [6.07, 6.45) is 2.40. The number of ketones is 1. The summed E-state index contributed by atoms with van der Waals surface area (Å²) in [5, 5.41) is 0. The summed E-state index contributed by atoms with van der Waals surface area (Å²) >= 11 is 1.86. The molecule has 0 fully saturated rings. The van der Waals surface area contributed by atoms with Crippen LogP contribution in [0.2, 0.25) is 0 Å². The second kappa shape index (κ2) is 6.74. The maximum absolute atomic E-state index is 11.1. The van der Waals surface area contributed by atoms with Crippen molar-refractivity contribution in [3.8, 4) is 0 Å².